The van der Waals surface area contributed by atoms with E-state index in [9.17, 15) is 4.79 Å². The van der Waals surface area contributed by atoms with Crippen LogP contribution in [0, 0.1) is 0 Å². The van der Waals surface area contributed by atoms with Crippen molar-refractivity contribution in [3.8, 4) is 5.75 Å². The van der Waals surface area contributed by atoms with Crippen LogP contribution in [-0.4, -0.2) is 12.4 Å². The fraction of sp³-hybridized carbons (Fsp3) is 0.350. The summed E-state index contributed by atoms with van der Waals surface area (Å²) in [4.78, 5) is 11.4. The van der Waals surface area contributed by atoms with Crippen molar-refractivity contribution in [2.24, 2.45) is 0 Å². The smallest absolute Gasteiger partial charge is 0.134 e. The van der Waals surface area contributed by atoms with Crippen molar-refractivity contribution in [1.29, 1.82) is 0 Å². The van der Waals surface area contributed by atoms with Gasteiger partial charge in [-0.15, -0.1) is 0 Å². The third-order valence-electron chi connectivity index (χ3n) is 3.03. The zero-order valence-electron chi connectivity index (χ0n) is 13.9. The lowest BCUT2D eigenvalue weighted by atomic mass is 10.0. The number of hydrogen-bond donors (Lipinski definition) is 0. The summed E-state index contributed by atoms with van der Waals surface area (Å²) in [5.41, 5.74) is 2.97. The van der Waals surface area contributed by atoms with Crippen LogP contribution < -0.4 is 4.74 Å². The molecular weight excluding hydrogens is 272 g/mol. The second kappa shape index (κ2) is 9.78. The molecule has 0 radical (unpaired) electrons. The first kappa shape index (κ1) is 18.0. The van der Waals surface area contributed by atoms with Crippen molar-refractivity contribution in [2.45, 2.75) is 40.0 Å². The van der Waals surface area contributed by atoms with E-state index in [2.05, 4.69) is 25.7 Å². The molecule has 1 aromatic carbocycles. The number of hydrogen-bond acceptors (Lipinski definition) is 2. The molecule has 0 saturated carbocycles. The van der Waals surface area contributed by atoms with Crippen LogP contribution in [0.15, 0.2) is 48.6 Å². The maximum atomic E-state index is 11.4. The summed E-state index contributed by atoms with van der Waals surface area (Å²) in [6.45, 7) is 10.1. The summed E-state index contributed by atoms with van der Waals surface area (Å²) in [5, 5.41) is 0. The molecule has 2 heteroatoms. The zero-order chi connectivity index (χ0) is 16.4. The molecule has 0 aliphatic carbocycles. The lowest BCUT2D eigenvalue weighted by Crippen LogP contribution is -2.01. The van der Waals surface area contributed by atoms with Crippen molar-refractivity contribution < 1.29 is 9.53 Å². The van der Waals surface area contributed by atoms with E-state index in [0.717, 1.165) is 35.3 Å². The molecule has 0 saturated heterocycles. The van der Waals surface area contributed by atoms with Crippen LogP contribution in [0.3, 0.4) is 0 Å². The Morgan fingerprint density at radius 1 is 1.32 bits per heavy atom. The van der Waals surface area contributed by atoms with Crippen LogP contribution in [0.2, 0.25) is 0 Å². The highest BCUT2D eigenvalue weighted by Gasteiger charge is 2.04. The maximum Gasteiger partial charge on any atom is 0.134 e. The molecule has 0 amide bonds. The second-order valence-electron chi connectivity index (χ2n) is 5.43. The summed E-state index contributed by atoms with van der Waals surface area (Å²) in [6, 6.07) is 5.97. The Morgan fingerprint density at radius 3 is 2.73 bits per heavy atom. The summed E-state index contributed by atoms with van der Waals surface area (Å²) in [7, 11) is 0. The minimum Gasteiger partial charge on any atom is -0.489 e. The van der Waals surface area contributed by atoms with E-state index in [0.29, 0.717) is 13.0 Å². The molecule has 0 fully saturated rings. The number of ether oxygens (including phenoxy) is 1. The number of Topliss-reactive ketones (excluding diaryl/α,β-unsaturated/α-hetero) is 1. The molecule has 0 unspecified atom stereocenters. The Hall–Kier alpha value is -2.09. The number of rotatable bonds is 9. The van der Waals surface area contributed by atoms with Crippen molar-refractivity contribution in [1.82, 2.24) is 0 Å². The van der Waals surface area contributed by atoms with Gasteiger partial charge in [0.15, 0.2) is 0 Å². The number of ketones is 1. The van der Waals surface area contributed by atoms with E-state index < -0.39 is 0 Å². The van der Waals surface area contributed by atoms with Gasteiger partial charge in [-0.3, -0.25) is 4.79 Å². The molecule has 1 aromatic rings. The first-order valence-corrected chi connectivity index (χ1v) is 7.78. The fourth-order valence-corrected chi connectivity index (χ4v) is 2.10. The lowest BCUT2D eigenvalue weighted by Gasteiger charge is -2.10. The summed E-state index contributed by atoms with van der Waals surface area (Å²) in [5.74, 6) is 0.930. The van der Waals surface area contributed by atoms with Crippen molar-refractivity contribution >= 4 is 11.9 Å². The molecule has 1 rings (SSSR count). The van der Waals surface area contributed by atoms with Gasteiger partial charge in [-0.1, -0.05) is 50.3 Å². The van der Waals surface area contributed by atoms with Crippen LogP contribution in [0.4, 0.5) is 0 Å². The number of carbonyl (C=O) groups excluding carboxylic acids is 1. The highest BCUT2D eigenvalue weighted by molar-refractivity contribution is 5.78. The van der Waals surface area contributed by atoms with E-state index in [1.54, 1.807) is 6.92 Å². The maximum absolute atomic E-state index is 11.4. The van der Waals surface area contributed by atoms with Crippen molar-refractivity contribution in [2.75, 3.05) is 6.61 Å². The molecule has 22 heavy (non-hydrogen) atoms. The van der Waals surface area contributed by atoms with Crippen LogP contribution in [0.5, 0.6) is 5.75 Å². The summed E-state index contributed by atoms with van der Waals surface area (Å²) >= 11 is 0. The van der Waals surface area contributed by atoms with Gasteiger partial charge in [-0.25, -0.2) is 0 Å². The molecule has 0 atom stereocenters. The highest BCUT2D eigenvalue weighted by atomic mass is 16.5. The normalized spacial score (nSPS) is 11.2. The number of allylic oxidation sites excluding steroid dienone is 2. The van der Waals surface area contributed by atoms with E-state index >= 15 is 0 Å². The monoisotopic (exact) mass is 298 g/mol. The van der Waals surface area contributed by atoms with E-state index in [1.165, 1.54) is 0 Å². The zero-order valence-corrected chi connectivity index (χ0v) is 13.9. The van der Waals surface area contributed by atoms with Crippen LogP contribution in [0.1, 0.15) is 44.7 Å². The van der Waals surface area contributed by atoms with Gasteiger partial charge in [0.25, 0.3) is 0 Å². The topological polar surface area (TPSA) is 26.3 Å². The molecule has 0 aliphatic rings. The Bertz CT molecular complexity index is 565. The first-order valence-electron chi connectivity index (χ1n) is 7.78. The van der Waals surface area contributed by atoms with E-state index in [-0.39, 0.29) is 5.78 Å². The predicted molar refractivity (Wildman–Crippen MR) is 94.2 cm³/mol. The van der Waals surface area contributed by atoms with Gasteiger partial charge in [0.2, 0.25) is 0 Å². The Kier molecular flexibility index (Phi) is 7.98. The molecule has 0 N–H and O–H groups in total. The minimum absolute atomic E-state index is 0.152. The fourth-order valence-electron chi connectivity index (χ4n) is 2.10. The third-order valence-corrected chi connectivity index (χ3v) is 3.03. The Balaban J connectivity index is 2.91. The summed E-state index contributed by atoms with van der Waals surface area (Å²) in [6.07, 6.45) is 10.7. The number of unbranched alkanes of at least 4 members (excludes halogenated alkanes) is 1. The molecule has 0 bridgehead atoms. The average molecular weight is 298 g/mol. The van der Waals surface area contributed by atoms with Crippen molar-refractivity contribution in [3.05, 3.63) is 59.7 Å². The molecule has 0 aliphatic heterocycles. The van der Waals surface area contributed by atoms with Gasteiger partial charge in [0, 0.05) is 6.42 Å². The molecule has 0 spiro atoms. The largest absolute Gasteiger partial charge is 0.489 e. The SMILES string of the molecule is C=C(C=CC)COc1cc(C=CCCC)cc(CC(C)=O)c1. The van der Waals surface area contributed by atoms with Crippen LogP contribution in [-0.2, 0) is 11.2 Å². The molecule has 2 nitrogen and oxygen atoms in total. The number of carbonyl (C=O) groups is 1. The minimum atomic E-state index is 0.152. The van der Waals surface area contributed by atoms with E-state index in [4.69, 9.17) is 4.74 Å². The van der Waals surface area contributed by atoms with Gasteiger partial charge in [-0.05, 0) is 49.1 Å². The number of benzene rings is 1. The standard InChI is InChI=1S/C20H26O2/c1-5-7-8-10-18-12-19(11-17(4)21)14-20(13-18)22-15-16(3)9-6-2/h6,8-10,12-14H,3,5,7,11,15H2,1-2,4H3. The van der Waals surface area contributed by atoms with Gasteiger partial charge in [0.1, 0.15) is 18.1 Å². The third kappa shape index (κ3) is 7.07. The Labute approximate surface area is 134 Å². The Morgan fingerprint density at radius 2 is 2.09 bits per heavy atom. The van der Waals surface area contributed by atoms with E-state index in [1.807, 2.05) is 37.3 Å². The molecular formula is C20H26O2. The van der Waals surface area contributed by atoms with Gasteiger partial charge < -0.3 is 4.74 Å². The van der Waals surface area contributed by atoms with Gasteiger partial charge >= 0.3 is 0 Å². The molecule has 118 valence electrons. The van der Waals surface area contributed by atoms with Crippen LogP contribution >= 0.6 is 0 Å². The average Bonchev–Trinajstić information content (AvgIpc) is 2.45. The summed E-state index contributed by atoms with van der Waals surface area (Å²) < 4.78 is 5.79. The quantitative estimate of drug-likeness (QED) is 0.590. The molecule has 0 aromatic heterocycles. The van der Waals surface area contributed by atoms with Crippen molar-refractivity contribution in [3.63, 3.8) is 0 Å². The highest BCUT2D eigenvalue weighted by Crippen LogP contribution is 2.20. The first-order chi connectivity index (χ1) is 10.5. The van der Waals surface area contributed by atoms with Crippen LogP contribution in [0.25, 0.3) is 6.08 Å². The molecule has 0 heterocycles. The predicted octanol–water partition coefficient (Wildman–Crippen LogP) is 5.14. The van der Waals surface area contributed by atoms with Gasteiger partial charge in [-0.2, -0.15) is 0 Å². The lowest BCUT2D eigenvalue weighted by molar-refractivity contribution is -0.116. The van der Waals surface area contributed by atoms with Gasteiger partial charge in [0.05, 0.1) is 0 Å². The second-order valence-corrected chi connectivity index (χ2v) is 5.43.